The summed E-state index contributed by atoms with van der Waals surface area (Å²) in [5, 5.41) is 32.5. The van der Waals surface area contributed by atoms with E-state index in [9.17, 15) is 19.7 Å². The topological polar surface area (TPSA) is 142 Å². The van der Waals surface area contributed by atoms with Crippen LogP contribution in [0.3, 0.4) is 0 Å². The second kappa shape index (κ2) is 6.82. The van der Waals surface area contributed by atoms with Crippen LogP contribution < -0.4 is 10.6 Å². The van der Waals surface area contributed by atoms with Crippen molar-refractivity contribution in [3.8, 4) is 0 Å². The van der Waals surface area contributed by atoms with Gasteiger partial charge in [0.2, 0.25) is 0 Å². The maximum Gasteiger partial charge on any atom is 0.334 e. The average molecular weight is 348 g/mol. The van der Waals surface area contributed by atoms with Gasteiger partial charge in [0.1, 0.15) is 0 Å². The standard InChI is InChI=1S/C10H10BrN3O6/c11-6-2-1-5(3-7(6)14(19)20)13-10(18)12-4-8(15)9(16)17/h1-3,8,15H,4H2,(H,16,17)(H2,12,13,18)/t8-/m0/s1. The third-order valence-corrected chi connectivity index (χ3v) is 2.81. The number of nitro benzene ring substituents is 1. The fourth-order valence-electron chi connectivity index (χ4n) is 1.18. The Kier molecular flexibility index (Phi) is 5.41. The molecule has 108 valence electrons. The number of urea groups is 1. The molecule has 0 aromatic heterocycles. The van der Waals surface area contributed by atoms with Crippen LogP contribution in [0, 0.1) is 10.1 Å². The van der Waals surface area contributed by atoms with Crippen LogP contribution in [0.25, 0.3) is 0 Å². The second-order valence-electron chi connectivity index (χ2n) is 3.61. The van der Waals surface area contributed by atoms with E-state index in [1.54, 1.807) is 0 Å². The maximum atomic E-state index is 11.4. The largest absolute Gasteiger partial charge is 0.479 e. The van der Waals surface area contributed by atoms with Crippen LogP contribution in [0.2, 0.25) is 0 Å². The first kappa shape index (κ1) is 15.9. The lowest BCUT2D eigenvalue weighted by Gasteiger charge is -2.09. The fraction of sp³-hybridized carbons (Fsp3) is 0.200. The lowest BCUT2D eigenvalue weighted by atomic mass is 10.3. The molecule has 1 rings (SSSR count). The number of aliphatic carboxylic acids is 1. The quantitative estimate of drug-likeness (QED) is 0.461. The number of nitrogens with zero attached hydrogens (tertiary/aromatic N) is 1. The van der Waals surface area contributed by atoms with Crippen molar-refractivity contribution in [2.24, 2.45) is 0 Å². The Morgan fingerprint density at radius 1 is 1.45 bits per heavy atom. The summed E-state index contributed by atoms with van der Waals surface area (Å²) in [6, 6.07) is 3.16. The molecule has 0 aliphatic carbocycles. The van der Waals surface area contributed by atoms with Crippen LogP contribution in [0.5, 0.6) is 0 Å². The van der Waals surface area contributed by atoms with Gasteiger partial charge in [-0.2, -0.15) is 0 Å². The molecule has 0 aliphatic rings. The highest BCUT2D eigenvalue weighted by atomic mass is 79.9. The fourth-order valence-corrected chi connectivity index (χ4v) is 1.57. The van der Waals surface area contributed by atoms with Crippen molar-refractivity contribution in [3.05, 3.63) is 32.8 Å². The first-order chi connectivity index (χ1) is 9.31. The highest BCUT2D eigenvalue weighted by molar-refractivity contribution is 9.10. The normalized spacial score (nSPS) is 11.5. The number of nitrogens with one attached hydrogen (secondary N) is 2. The molecule has 9 nitrogen and oxygen atoms in total. The lowest BCUT2D eigenvalue weighted by Crippen LogP contribution is -2.38. The molecule has 0 radical (unpaired) electrons. The van der Waals surface area contributed by atoms with Gasteiger partial charge in [-0.15, -0.1) is 0 Å². The Bertz CT molecular complexity index is 550. The average Bonchev–Trinajstić information content (AvgIpc) is 2.37. The van der Waals surface area contributed by atoms with E-state index in [2.05, 4.69) is 26.6 Å². The molecule has 0 fully saturated rings. The summed E-state index contributed by atoms with van der Waals surface area (Å²) in [5.74, 6) is -1.47. The zero-order chi connectivity index (χ0) is 15.3. The smallest absolute Gasteiger partial charge is 0.334 e. The number of carboxylic acids is 1. The molecular weight excluding hydrogens is 338 g/mol. The van der Waals surface area contributed by atoms with Gasteiger partial charge in [-0.1, -0.05) is 0 Å². The van der Waals surface area contributed by atoms with Gasteiger partial charge in [0, 0.05) is 11.8 Å². The third-order valence-electron chi connectivity index (χ3n) is 2.14. The van der Waals surface area contributed by atoms with Crippen molar-refractivity contribution in [3.63, 3.8) is 0 Å². The Hall–Kier alpha value is -2.20. The number of rotatable bonds is 5. The van der Waals surface area contributed by atoms with Crippen LogP contribution in [0.15, 0.2) is 22.7 Å². The SMILES string of the molecule is O=C(NC[C@H](O)C(=O)O)Nc1ccc(Br)c([N+](=O)[O-])c1. The number of carbonyl (C=O) groups is 2. The minimum Gasteiger partial charge on any atom is -0.479 e. The van der Waals surface area contributed by atoms with Crippen molar-refractivity contribution >= 4 is 39.3 Å². The van der Waals surface area contributed by atoms with E-state index in [-0.39, 0.29) is 15.8 Å². The molecule has 2 amide bonds. The Morgan fingerprint density at radius 3 is 2.65 bits per heavy atom. The van der Waals surface area contributed by atoms with Gasteiger partial charge >= 0.3 is 12.0 Å². The van der Waals surface area contributed by atoms with E-state index in [0.29, 0.717) is 0 Å². The molecule has 10 heteroatoms. The van der Waals surface area contributed by atoms with Gasteiger partial charge in [0.05, 0.1) is 15.9 Å². The number of benzene rings is 1. The van der Waals surface area contributed by atoms with E-state index in [0.717, 1.165) is 6.07 Å². The van der Waals surface area contributed by atoms with Crippen LogP contribution in [0.1, 0.15) is 0 Å². The van der Waals surface area contributed by atoms with Gasteiger partial charge in [-0.25, -0.2) is 9.59 Å². The van der Waals surface area contributed by atoms with E-state index < -0.39 is 29.6 Å². The Morgan fingerprint density at radius 2 is 2.10 bits per heavy atom. The number of carbonyl (C=O) groups excluding carboxylic acids is 1. The number of halogens is 1. The second-order valence-corrected chi connectivity index (χ2v) is 4.47. The molecule has 20 heavy (non-hydrogen) atoms. The summed E-state index contributed by atoms with van der Waals surface area (Å²) in [4.78, 5) is 31.8. The van der Waals surface area contributed by atoms with Crippen LogP contribution >= 0.6 is 15.9 Å². The number of carboxylic acid groups (broad SMARTS) is 1. The van der Waals surface area contributed by atoms with Crippen molar-refractivity contribution in [1.29, 1.82) is 0 Å². The molecule has 0 aliphatic heterocycles. The zero-order valence-corrected chi connectivity index (χ0v) is 11.5. The molecule has 0 saturated carbocycles. The maximum absolute atomic E-state index is 11.4. The molecule has 0 unspecified atom stereocenters. The van der Waals surface area contributed by atoms with E-state index in [4.69, 9.17) is 10.2 Å². The molecule has 1 aromatic rings. The lowest BCUT2D eigenvalue weighted by molar-refractivity contribution is -0.385. The number of aliphatic hydroxyl groups is 1. The number of amides is 2. The molecule has 0 saturated heterocycles. The van der Waals surface area contributed by atoms with Crippen LogP contribution in [-0.2, 0) is 4.79 Å². The molecule has 4 N–H and O–H groups in total. The zero-order valence-electron chi connectivity index (χ0n) is 9.87. The number of aliphatic hydroxyl groups excluding tert-OH is 1. The van der Waals surface area contributed by atoms with Crippen molar-refractivity contribution in [2.45, 2.75) is 6.10 Å². The molecule has 0 bridgehead atoms. The Labute approximate surface area is 120 Å². The number of hydrogen-bond donors (Lipinski definition) is 4. The Balaban J connectivity index is 2.65. The van der Waals surface area contributed by atoms with Gasteiger partial charge in [-0.05, 0) is 28.1 Å². The third kappa shape index (κ3) is 4.48. The number of anilines is 1. The molecule has 1 aromatic carbocycles. The van der Waals surface area contributed by atoms with Gasteiger partial charge in [0.25, 0.3) is 5.69 Å². The van der Waals surface area contributed by atoms with Gasteiger partial charge < -0.3 is 20.8 Å². The highest BCUT2D eigenvalue weighted by Crippen LogP contribution is 2.27. The highest BCUT2D eigenvalue weighted by Gasteiger charge is 2.16. The summed E-state index contributed by atoms with van der Waals surface area (Å²) < 4.78 is 0.259. The minimum absolute atomic E-state index is 0.155. The van der Waals surface area contributed by atoms with Gasteiger partial charge in [-0.3, -0.25) is 10.1 Å². The number of nitro groups is 1. The molecule has 0 heterocycles. The van der Waals surface area contributed by atoms with E-state index >= 15 is 0 Å². The van der Waals surface area contributed by atoms with Crippen LogP contribution in [0.4, 0.5) is 16.2 Å². The predicted octanol–water partition coefficient (Wildman–Crippen LogP) is 0.924. The van der Waals surface area contributed by atoms with Crippen molar-refractivity contribution in [2.75, 3.05) is 11.9 Å². The van der Waals surface area contributed by atoms with E-state index in [1.807, 2.05) is 0 Å². The number of hydrogen-bond acceptors (Lipinski definition) is 5. The summed E-state index contributed by atoms with van der Waals surface area (Å²) in [5.41, 5.74) is -0.0735. The summed E-state index contributed by atoms with van der Waals surface area (Å²) in [6.07, 6.45) is -1.72. The summed E-state index contributed by atoms with van der Waals surface area (Å²) in [7, 11) is 0. The summed E-state index contributed by atoms with van der Waals surface area (Å²) >= 11 is 2.99. The first-order valence-corrected chi connectivity index (χ1v) is 6.00. The van der Waals surface area contributed by atoms with Crippen molar-refractivity contribution < 1.29 is 24.7 Å². The van der Waals surface area contributed by atoms with Gasteiger partial charge in [0.15, 0.2) is 6.10 Å². The minimum atomic E-state index is -1.72. The molecule has 1 atom stereocenters. The van der Waals surface area contributed by atoms with E-state index in [1.165, 1.54) is 12.1 Å². The molecular formula is C10H10BrN3O6. The van der Waals surface area contributed by atoms with Crippen molar-refractivity contribution in [1.82, 2.24) is 5.32 Å². The summed E-state index contributed by atoms with van der Waals surface area (Å²) in [6.45, 7) is -0.486. The molecule has 0 spiro atoms. The first-order valence-electron chi connectivity index (χ1n) is 5.21. The van der Waals surface area contributed by atoms with Crippen LogP contribution in [-0.4, -0.2) is 39.8 Å². The predicted molar refractivity (Wildman–Crippen MR) is 71.5 cm³/mol. The monoisotopic (exact) mass is 347 g/mol.